The number of carbonyl (C=O) groups is 1. The second-order valence-corrected chi connectivity index (χ2v) is 6.13. The number of carboxylic acid groups (broad SMARTS) is 1. The monoisotopic (exact) mass is 258 g/mol. The number of amides is 1. The first kappa shape index (κ1) is 13.4. The fraction of sp³-hybridized carbons (Fsp3) is 0.467. The Morgan fingerprint density at radius 1 is 1.47 bits per heavy atom. The van der Waals surface area contributed by atoms with Gasteiger partial charge in [0, 0.05) is 12.0 Å². The van der Waals surface area contributed by atoms with E-state index in [1.54, 1.807) is 6.07 Å². The Kier molecular flexibility index (Phi) is 3.23. The number of nitrogens with zero attached hydrogens (tertiary/aromatic N) is 1. The van der Waals surface area contributed by atoms with Gasteiger partial charge in [0.1, 0.15) is 0 Å². The fourth-order valence-corrected chi connectivity index (χ4v) is 3.09. The molecule has 0 saturated carbocycles. The topological polar surface area (TPSA) is 73.1 Å². The molecular weight excluding hydrogens is 240 g/mol. The van der Waals surface area contributed by atoms with Gasteiger partial charge in [-0.15, -0.1) is 0 Å². The van der Waals surface area contributed by atoms with Gasteiger partial charge in [0.15, 0.2) is 0 Å². The van der Waals surface area contributed by atoms with Gasteiger partial charge >= 0.3 is 6.09 Å². The number of nitrogens with one attached hydrogen (secondary N) is 1. The largest absolute Gasteiger partial charge is 0.465 e. The third-order valence-electron chi connectivity index (χ3n) is 3.69. The SMILES string of the molecule is CC(C)(C)C1c2ccc(C#N)cc2CC1NC(=O)O. The van der Waals surface area contributed by atoms with Crippen molar-refractivity contribution in [2.24, 2.45) is 5.41 Å². The summed E-state index contributed by atoms with van der Waals surface area (Å²) in [5.41, 5.74) is 2.83. The van der Waals surface area contributed by atoms with Crippen LogP contribution in [0.1, 0.15) is 43.4 Å². The van der Waals surface area contributed by atoms with Crippen LogP contribution in [0, 0.1) is 16.7 Å². The van der Waals surface area contributed by atoms with E-state index < -0.39 is 6.09 Å². The maximum absolute atomic E-state index is 10.9. The summed E-state index contributed by atoms with van der Waals surface area (Å²) in [6.07, 6.45) is -0.341. The quantitative estimate of drug-likeness (QED) is 0.813. The highest BCUT2D eigenvalue weighted by molar-refractivity contribution is 5.65. The molecule has 19 heavy (non-hydrogen) atoms. The summed E-state index contributed by atoms with van der Waals surface area (Å²) in [5, 5.41) is 20.5. The summed E-state index contributed by atoms with van der Waals surface area (Å²) >= 11 is 0. The van der Waals surface area contributed by atoms with E-state index in [1.165, 1.54) is 0 Å². The molecule has 0 saturated heterocycles. The molecule has 0 spiro atoms. The minimum absolute atomic E-state index is 0.0352. The Labute approximate surface area is 113 Å². The van der Waals surface area contributed by atoms with Crippen LogP contribution in [0.25, 0.3) is 0 Å². The lowest BCUT2D eigenvalue weighted by atomic mass is 9.75. The number of fused-ring (bicyclic) bond motifs is 1. The van der Waals surface area contributed by atoms with Crippen molar-refractivity contribution in [3.63, 3.8) is 0 Å². The number of rotatable bonds is 1. The zero-order valence-corrected chi connectivity index (χ0v) is 11.4. The summed E-state index contributed by atoms with van der Waals surface area (Å²) in [5.74, 6) is 0.131. The van der Waals surface area contributed by atoms with E-state index >= 15 is 0 Å². The van der Waals surface area contributed by atoms with Gasteiger partial charge in [-0.1, -0.05) is 26.8 Å². The lowest BCUT2D eigenvalue weighted by Crippen LogP contribution is -2.41. The molecule has 0 aromatic heterocycles. The first-order chi connectivity index (χ1) is 8.82. The van der Waals surface area contributed by atoms with Crippen LogP contribution in [-0.4, -0.2) is 17.2 Å². The molecule has 4 nitrogen and oxygen atoms in total. The highest BCUT2D eigenvalue weighted by atomic mass is 16.4. The van der Waals surface area contributed by atoms with Gasteiger partial charge in [0.2, 0.25) is 0 Å². The molecule has 0 aliphatic heterocycles. The highest BCUT2D eigenvalue weighted by Gasteiger charge is 2.40. The Hall–Kier alpha value is -2.02. The smallest absolute Gasteiger partial charge is 0.404 e. The lowest BCUT2D eigenvalue weighted by Gasteiger charge is -2.33. The third kappa shape index (κ3) is 2.55. The lowest BCUT2D eigenvalue weighted by molar-refractivity contribution is 0.181. The predicted molar refractivity (Wildman–Crippen MR) is 72.0 cm³/mol. The van der Waals surface area contributed by atoms with Crippen molar-refractivity contribution in [1.29, 1.82) is 5.26 Å². The minimum Gasteiger partial charge on any atom is -0.465 e. The van der Waals surface area contributed by atoms with Gasteiger partial charge in [-0.2, -0.15) is 5.26 Å². The average molecular weight is 258 g/mol. The van der Waals surface area contributed by atoms with E-state index in [0.717, 1.165) is 11.1 Å². The normalized spacial score (nSPS) is 21.6. The zero-order chi connectivity index (χ0) is 14.2. The molecule has 100 valence electrons. The summed E-state index contributed by atoms with van der Waals surface area (Å²) in [6.45, 7) is 6.34. The standard InChI is InChI=1S/C15H18N2O2/c1-15(2,3)13-11-5-4-9(8-16)6-10(11)7-12(13)17-14(18)19/h4-6,12-13,17H,7H2,1-3H3,(H,18,19). The maximum atomic E-state index is 10.9. The van der Waals surface area contributed by atoms with Crippen LogP contribution < -0.4 is 5.32 Å². The molecule has 0 fully saturated rings. The van der Waals surface area contributed by atoms with Crippen molar-refractivity contribution in [1.82, 2.24) is 5.32 Å². The van der Waals surface area contributed by atoms with E-state index in [-0.39, 0.29) is 17.4 Å². The summed E-state index contributed by atoms with van der Waals surface area (Å²) in [6, 6.07) is 7.65. The number of hydrogen-bond donors (Lipinski definition) is 2. The maximum Gasteiger partial charge on any atom is 0.404 e. The average Bonchev–Trinajstić information content (AvgIpc) is 2.63. The molecule has 0 radical (unpaired) electrons. The van der Waals surface area contributed by atoms with Crippen molar-refractivity contribution in [3.8, 4) is 6.07 Å². The second kappa shape index (κ2) is 4.58. The molecule has 1 aliphatic carbocycles. The second-order valence-electron chi connectivity index (χ2n) is 6.13. The van der Waals surface area contributed by atoms with Gasteiger partial charge < -0.3 is 10.4 Å². The summed E-state index contributed by atoms with van der Waals surface area (Å²) in [4.78, 5) is 10.9. The van der Waals surface area contributed by atoms with Crippen LogP contribution in [0.4, 0.5) is 4.79 Å². The Balaban J connectivity index is 2.43. The molecule has 0 bridgehead atoms. The third-order valence-corrected chi connectivity index (χ3v) is 3.69. The van der Waals surface area contributed by atoms with E-state index in [9.17, 15) is 4.79 Å². The molecule has 0 heterocycles. The van der Waals surface area contributed by atoms with Crippen LogP contribution in [0.2, 0.25) is 0 Å². The van der Waals surface area contributed by atoms with Gasteiger partial charge in [-0.3, -0.25) is 0 Å². The van der Waals surface area contributed by atoms with Crippen molar-refractivity contribution >= 4 is 6.09 Å². The van der Waals surface area contributed by atoms with Crippen molar-refractivity contribution in [3.05, 3.63) is 34.9 Å². The van der Waals surface area contributed by atoms with Crippen LogP contribution in [0.3, 0.4) is 0 Å². The molecule has 2 rings (SSSR count). The molecule has 2 N–H and O–H groups in total. The van der Waals surface area contributed by atoms with Crippen LogP contribution in [-0.2, 0) is 6.42 Å². The number of benzene rings is 1. The molecule has 1 amide bonds. The zero-order valence-electron chi connectivity index (χ0n) is 11.4. The van der Waals surface area contributed by atoms with Gasteiger partial charge in [0.25, 0.3) is 0 Å². The van der Waals surface area contributed by atoms with Crippen molar-refractivity contribution in [2.45, 2.75) is 39.2 Å². The van der Waals surface area contributed by atoms with E-state index in [2.05, 4.69) is 32.2 Å². The first-order valence-corrected chi connectivity index (χ1v) is 6.35. The van der Waals surface area contributed by atoms with E-state index in [4.69, 9.17) is 10.4 Å². The van der Waals surface area contributed by atoms with E-state index in [1.807, 2.05) is 12.1 Å². The molecule has 2 unspecified atom stereocenters. The van der Waals surface area contributed by atoms with Crippen LogP contribution >= 0.6 is 0 Å². The van der Waals surface area contributed by atoms with Crippen LogP contribution in [0.15, 0.2) is 18.2 Å². The minimum atomic E-state index is -0.993. The molecular formula is C15H18N2O2. The molecule has 4 heteroatoms. The van der Waals surface area contributed by atoms with Gasteiger partial charge in [-0.05, 0) is 35.1 Å². The molecule has 2 atom stereocenters. The van der Waals surface area contributed by atoms with Crippen LogP contribution in [0.5, 0.6) is 0 Å². The van der Waals surface area contributed by atoms with Gasteiger partial charge in [0.05, 0.1) is 11.6 Å². The number of hydrogen-bond acceptors (Lipinski definition) is 2. The van der Waals surface area contributed by atoms with Gasteiger partial charge in [-0.25, -0.2) is 4.79 Å². The Morgan fingerprint density at radius 2 is 2.16 bits per heavy atom. The molecule has 1 aromatic rings. The summed E-state index contributed by atoms with van der Waals surface area (Å²) in [7, 11) is 0. The summed E-state index contributed by atoms with van der Waals surface area (Å²) < 4.78 is 0. The fourth-order valence-electron chi connectivity index (χ4n) is 3.09. The predicted octanol–water partition coefficient (Wildman–Crippen LogP) is 2.88. The molecule has 1 aromatic carbocycles. The van der Waals surface area contributed by atoms with E-state index in [0.29, 0.717) is 12.0 Å². The first-order valence-electron chi connectivity index (χ1n) is 6.35. The highest BCUT2D eigenvalue weighted by Crippen LogP contribution is 2.45. The van der Waals surface area contributed by atoms with Crippen molar-refractivity contribution < 1.29 is 9.90 Å². The molecule has 1 aliphatic rings. The Morgan fingerprint density at radius 3 is 2.68 bits per heavy atom. The van der Waals surface area contributed by atoms with Crippen molar-refractivity contribution in [2.75, 3.05) is 0 Å². The Bertz CT molecular complexity index is 552. The number of nitriles is 1.